The van der Waals surface area contributed by atoms with Gasteiger partial charge < -0.3 is 9.55 Å². The molecule has 1 rings (SSSR count). The van der Waals surface area contributed by atoms with E-state index in [0.29, 0.717) is 0 Å². The molecule has 0 saturated heterocycles. The molecule has 0 bridgehead atoms. The summed E-state index contributed by atoms with van der Waals surface area (Å²) in [5, 5.41) is 0. The summed E-state index contributed by atoms with van der Waals surface area (Å²) in [6, 6.07) is 0. The second-order valence-electron chi connectivity index (χ2n) is 2.94. The summed E-state index contributed by atoms with van der Waals surface area (Å²) in [4.78, 5) is 3.07. The lowest BCUT2D eigenvalue weighted by atomic mass is 10.3. The van der Waals surface area contributed by atoms with Gasteiger partial charge in [0.2, 0.25) is 0 Å². The second-order valence-corrected chi connectivity index (χ2v) is 3.33. The highest BCUT2D eigenvalue weighted by molar-refractivity contribution is 7.71. The van der Waals surface area contributed by atoms with Gasteiger partial charge in [0.05, 0.1) is 0 Å². The van der Waals surface area contributed by atoms with Gasteiger partial charge in [-0.3, -0.25) is 0 Å². The molecule has 1 N–H and O–H groups in total. The first-order valence-electron chi connectivity index (χ1n) is 4.56. The number of imidazole rings is 1. The molecule has 0 unspecified atom stereocenters. The Morgan fingerprint density at radius 3 is 2.83 bits per heavy atom. The molecule has 0 aromatic carbocycles. The molecule has 0 saturated carbocycles. The first-order chi connectivity index (χ1) is 5.79. The Morgan fingerprint density at radius 1 is 1.50 bits per heavy atom. The van der Waals surface area contributed by atoms with Crippen molar-refractivity contribution in [2.24, 2.45) is 0 Å². The summed E-state index contributed by atoms with van der Waals surface area (Å²) in [7, 11) is 0. The van der Waals surface area contributed by atoms with E-state index in [4.69, 9.17) is 12.2 Å². The molecule has 0 aliphatic rings. The topological polar surface area (TPSA) is 20.7 Å². The molecule has 0 fully saturated rings. The number of hydrogen-bond donors (Lipinski definition) is 1. The maximum atomic E-state index is 5.16. The largest absolute Gasteiger partial charge is 0.337 e. The third-order valence-electron chi connectivity index (χ3n) is 2.05. The number of nitrogens with zero attached hydrogens (tertiary/aromatic N) is 1. The highest BCUT2D eigenvalue weighted by Gasteiger charge is 1.99. The maximum Gasteiger partial charge on any atom is 0.177 e. The zero-order chi connectivity index (χ0) is 8.97. The van der Waals surface area contributed by atoms with Crippen molar-refractivity contribution >= 4 is 12.2 Å². The molecule has 1 heterocycles. The van der Waals surface area contributed by atoms with E-state index in [1.54, 1.807) is 0 Å². The van der Waals surface area contributed by atoms with E-state index < -0.39 is 0 Å². The number of aryl methyl sites for hydroxylation is 1. The van der Waals surface area contributed by atoms with Crippen molar-refractivity contribution in [3.63, 3.8) is 0 Å². The van der Waals surface area contributed by atoms with Crippen molar-refractivity contribution in [1.82, 2.24) is 9.55 Å². The van der Waals surface area contributed by atoms with Crippen molar-refractivity contribution in [3.8, 4) is 0 Å². The molecule has 68 valence electrons. The van der Waals surface area contributed by atoms with Crippen LogP contribution in [0.25, 0.3) is 0 Å². The molecule has 0 amide bonds. The Balaban J connectivity index is 2.79. The Kier molecular flexibility index (Phi) is 3.53. The van der Waals surface area contributed by atoms with E-state index in [-0.39, 0.29) is 0 Å². The summed E-state index contributed by atoms with van der Waals surface area (Å²) >= 11 is 5.16. The van der Waals surface area contributed by atoms with Crippen molar-refractivity contribution in [1.29, 1.82) is 0 Å². The Labute approximate surface area is 78.6 Å². The van der Waals surface area contributed by atoms with Crippen molar-refractivity contribution in [2.75, 3.05) is 0 Å². The fourth-order valence-corrected chi connectivity index (χ4v) is 1.55. The minimum absolute atomic E-state index is 0.861. The zero-order valence-electron chi connectivity index (χ0n) is 7.76. The van der Waals surface area contributed by atoms with Gasteiger partial charge in [-0.2, -0.15) is 0 Å². The molecule has 1 aromatic rings. The average Bonchev–Trinajstić information content (AvgIpc) is 2.43. The summed E-state index contributed by atoms with van der Waals surface area (Å²) in [6.07, 6.45) is 5.49. The maximum absolute atomic E-state index is 5.16. The summed E-state index contributed by atoms with van der Waals surface area (Å²) in [6.45, 7) is 5.41. The SMILES string of the molecule is CCCCn1c(CC)c[nH]c1=S. The van der Waals surface area contributed by atoms with E-state index in [0.717, 1.165) is 17.7 Å². The first kappa shape index (κ1) is 9.52. The van der Waals surface area contributed by atoms with E-state index in [1.807, 2.05) is 6.20 Å². The number of nitrogens with one attached hydrogen (secondary N) is 1. The molecular weight excluding hydrogens is 168 g/mol. The molecule has 0 spiro atoms. The van der Waals surface area contributed by atoms with Crippen LogP contribution in [0.3, 0.4) is 0 Å². The van der Waals surface area contributed by atoms with Crippen molar-refractivity contribution in [2.45, 2.75) is 39.7 Å². The smallest absolute Gasteiger partial charge is 0.177 e. The Morgan fingerprint density at radius 2 is 2.25 bits per heavy atom. The standard InChI is InChI=1S/C9H16N2S/c1-3-5-6-11-8(4-2)7-10-9(11)12/h7H,3-6H2,1-2H3,(H,10,12). The van der Waals surface area contributed by atoms with Gasteiger partial charge in [0, 0.05) is 18.4 Å². The van der Waals surface area contributed by atoms with E-state index in [9.17, 15) is 0 Å². The molecule has 0 aliphatic carbocycles. The Bertz CT molecular complexity index is 285. The average molecular weight is 184 g/mol. The van der Waals surface area contributed by atoms with E-state index in [2.05, 4.69) is 23.4 Å². The van der Waals surface area contributed by atoms with Crippen LogP contribution < -0.4 is 0 Å². The highest BCUT2D eigenvalue weighted by atomic mass is 32.1. The summed E-state index contributed by atoms with van der Waals surface area (Å²) < 4.78 is 3.05. The van der Waals surface area contributed by atoms with Crippen molar-refractivity contribution in [3.05, 3.63) is 16.7 Å². The summed E-state index contributed by atoms with van der Waals surface area (Å²) in [5.74, 6) is 0. The van der Waals surface area contributed by atoms with Gasteiger partial charge in [-0.05, 0) is 25.1 Å². The van der Waals surface area contributed by atoms with Crippen LogP contribution in [0.2, 0.25) is 0 Å². The highest BCUT2D eigenvalue weighted by Crippen LogP contribution is 2.04. The predicted octanol–water partition coefficient (Wildman–Crippen LogP) is 2.91. The Hall–Kier alpha value is -0.570. The minimum Gasteiger partial charge on any atom is -0.337 e. The second kappa shape index (κ2) is 4.45. The fraction of sp³-hybridized carbons (Fsp3) is 0.667. The van der Waals surface area contributed by atoms with Gasteiger partial charge in [0.25, 0.3) is 0 Å². The number of hydrogen-bond acceptors (Lipinski definition) is 1. The van der Waals surface area contributed by atoms with E-state index in [1.165, 1.54) is 18.5 Å². The quantitative estimate of drug-likeness (QED) is 0.714. The van der Waals surface area contributed by atoms with Gasteiger partial charge in [-0.15, -0.1) is 0 Å². The molecule has 1 aromatic heterocycles. The lowest BCUT2D eigenvalue weighted by molar-refractivity contribution is 0.604. The lowest BCUT2D eigenvalue weighted by Crippen LogP contribution is -2.01. The first-order valence-corrected chi connectivity index (χ1v) is 4.97. The number of unbranched alkanes of at least 4 members (excludes halogenated alkanes) is 1. The zero-order valence-corrected chi connectivity index (χ0v) is 8.58. The summed E-state index contributed by atoms with van der Waals surface area (Å²) in [5.41, 5.74) is 1.31. The van der Waals surface area contributed by atoms with Crippen LogP contribution in [-0.2, 0) is 13.0 Å². The van der Waals surface area contributed by atoms with Gasteiger partial charge in [0.15, 0.2) is 4.77 Å². The molecule has 2 nitrogen and oxygen atoms in total. The molecule has 12 heavy (non-hydrogen) atoms. The van der Waals surface area contributed by atoms with Crippen LogP contribution >= 0.6 is 12.2 Å². The molecule has 0 aliphatic heterocycles. The molecular formula is C9H16N2S. The van der Waals surface area contributed by atoms with Crippen molar-refractivity contribution < 1.29 is 0 Å². The molecule has 3 heteroatoms. The monoisotopic (exact) mass is 184 g/mol. The van der Waals surface area contributed by atoms with Crippen LogP contribution in [0.1, 0.15) is 32.4 Å². The predicted molar refractivity (Wildman–Crippen MR) is 53.9 cm³/mol. The minimum atomic E-state index is 0.861. The van der Waals surface area contributed by atoms with E-state index >= 15 is 0 Å². The third kappa shape index (κ3) is 1.97. The number of H-pyrrole nitrogens is 1. The van der Waals surface area contributed by atoms with Gasteiger partial charge in [0.1, 0.15) is 0 Å². The number of aromatic amines is 1. The van der Waals surface area contributed by atoms with Gasteiger partial charge >= 0.3 is 0 Å². The number of rotatable bonds is 4. The fourth-order valence-electron chi connectivity index (χ4n) is 1.29. The van der Waals surface area contributed by atoms with Crippen LogP contribution in [-0.4, -0.2) is 9.55 Å². The lowest BCUT2D eigenvalue weighted by Gasteiger charge is -2.04. The van der Waals surface area contributed by atoms with Crippen LogP contribution in [0, 0.1) is 4.77 Å². The molecule has 0 atom stereocenters. The molecule has 0 radical (unpaired) electrons. The van der Waals surface area contributed by atoms with Crippen LogP contribution in [0.4, 0.5) is 0 Å². The van der Waals surface area contributed by atoms with Gasteiger partial charge in [-0.1, -0.05) is 20.3 Å². The normalized spacial score (nSPS) is 10.5. The van der Waals surface area contributed by atoms with Crippen LogP contribution in [0.5, 0.6) is 0 Å². The third-order valence-corrected chi connectivity index (χ3v) is 2.39. The van der Waals surface area contributed by atoms with Crippen LogP contribution in [0.15, 0.2) is 6.20 Å². The van der Waals surface area contributed by atoms with Gasteiger partial charge in [-0.25, -0.2) is 0 Å². The number of aromatic nitrogens is 2.